The molecule has 4 atom stereocenters. The summed E-state index contributed by atoms with van der Waals surface area (Å²) in [4.78, 5) is 42.9. The van der Waals surface area contributed by atoms with Crippen molar-refractivity contribution < 1.29 is 19.1 Å². The van der Waals surface area contributed by atoms with Crippen molar-refractivity contribution in [3.8, 4) is 0 Å². The summed E-state index contributed by atoms with van der Waals surface area (Å²) >= 11 is 0. The second kappa shape index (κ2) is 7.43. The molecule has 5 heterocycles. The standard InChI is InChI=1S/C22H25N3O5/c26-13-16-4-2-8-24(16)22(29)20-15-10-14(17-5-1-7-19(27)25(17)20)11-23(12-15)21(28)18-6-3-9-30-18/h1,3,5-7,9,14-16,20,26H,2,4,8,10-13H2/t14-,15+,16+,20-/m1/s1. The molecule has 0 aliphatic carbocycles. The van der Waals surface area contributed by atoms with Crippen molar-refractivity contribution in [1.82, 2.24) is 14.4 Å². The lowest BCUT2D eigenvalue weighted by Gasteiger charge is -2.47. The molecule has 30 heavy (non-hydrogen) atoms. The summed E-state index contributed by atoms with van der Waals surface area (Å²) in [5.41, 5.74) is 0.611. The molecule has 2 saturated heterocycles. The molecule has 2 fully saturated rings. The van der Waals surface area contributed by atoms with Gasteiger partial charge in [-0.25, -0.2) is 0 Å². The van der Waals surface area contributed by atoms with E-state index in [1.807, 2.05) is 6.07 Å². The Balaban J connectivity index is 1.53. The number of aliphatic hydroxyl groups excluding tert-OH is 1. The SMILES string of the molecule is O=C(c1ccco1)N1C[C@H]2C[C@@H](C1)[C@H](C(=O)N1CCC[C@H]1CO)n1c2cccc1=O. The minimum Gasteiger partial charge on any atom is -0.459 e. The maximum Gasteiger partial charge on any atom is 0.289 e. The highest BCUT2D eigenvalue weighted by atomic mass is 16.3. The third-order valence-electron chi connectivity index (χ3n) is 6.79. The summed E-state index contributed by atoms with van der Waals surface area (Å²) in [5, 5.41) is 9.70. The molecular weight excluding hydrogens is 386 g/mol. The Kier molecular flexibility index (Phi) is 4.73. The van der Waals surface area contributed by atoms with Crippen molar-refractivity contribution >= 4 is 11.8 Å². The third-order valence-corrected chi connectivity index (χ3v) is 6.79. The van der Waals surface area contributed by atoms with Crippen LogP contribution in [0.4, 0.5) is 0 Å². The van der Waals surface area contributed by atoms with Gasteiger partial charge in [0.25, 0.3) is 11.5 Å². The molecule has 8 heteroatoms. The van der Waals surface area contributed by atoms with Gasteiger partial charge in [0, 0.05) is 43.2 Å². The van der Waals surface area contributed by atoms with Crippen molar-refractivity contribution in [3.05, 3.63) is 58.4 Å². The zero-order valence-electron chi connectivity index (χ0n) is 16.6. The minimum atomic E-state index is -0.663. The number of likely N-dealkylation sites (tertiary alicyclic amines) is 2. The van der Waals surface area contributed by atoms with Crippen LogP contribution in [-0.2, 0) is 4.79 Å². The molecule has 3 aliphatic rings. The Morgan fingerprint density at radius 3 is 2.80 bits per heavy atom. The predicted octanol–water partition coefficient (Wildman–Crippen LogP) is 1.23. The Morgan fingerprint density at radius 1 is 1.17 bits per heavy atom. The van der Waals surface area contributed by atoms with E-state index in [1.54, 1.807) is 32.6 Å². The Morgan fingerprint density at radius 2 is 2.03 bits per heavy atom. The van der Waals surface area contributed by atoms with E-state index in [1.165, 1.54) is 12.3 Å². The minimum absolute atomic E-state index is 0.00664. The number of nitrogens with zero attached hydrogens (tertiary/aromatic N) is 3. The van der Waals surface area contributed by atoms with Gasteiger partial charge in [0.05, 0.1) is 18.9 Å². The molecule has 2 aromatic rings. The maximum absolute atomic E-state index is 13.6. The Bertz CT molecular complexity index is 1010. The molecule has 1 N–H and O–H groups in total. The van der Waals surface area contributed by atoms with E-state index in [9.17, 15) is 19.5 Å². The van der Waals surface area contributed by atoms with Crippen molar-refractivity contribution in [1.29, 1.82) is 0 Å². The number of carbonyl (C=O) groups excluding carboxylic acids is 2. The Labute approximate surface area is 173 Å². The number of carbonyl (C=O) groups is 2. The molecule has 5 rings (SSSR count). The summed E-state index contributed by atoms with van der Waals surface area (Å²) in [6.45, 7) is 1.39. The number of pyridine rings is 1. The zero-order valence-corrected chi connectivity index (χ0v) is 16.6. The van der Waals surface area contributed by atoms with E-state index in [-0.39, 0.29) is 47.6 Å². The number of hydrogen-bond acceptors (Lipinski definition) is 5. The molecule has 0 unspecified atom stereocenters. The molecule has 0 spiro atoms. The first kappa shape index (κ1) is 19.1. The van der Waals surface area contributed by atoms with E-state index in [2.05, 4.69) is 0 Å². The largest absolute Gasteiger partial charge is 0.459 e. The van der Waals surface area contributed by atoms with Crippen LogP contribution in [0.1, 0.15) is 47.5 Å². The number of piperidine rings is 1. The molecule has 0 radical (unpaired) electrons. The average molecular weight is 411 g/mol. The summed E-state index contributed by atoms with van der Waals surface area (Å²) in [5.74, 6) is -0.211. The number of furan rings is 1. The first-order valence-electron chi connectivity index (χ1n) is 10.5. The molecule has 158 valence electrons. The summed E-state index contributed by atoms with van der Waals surface area (Å²) in [7, 11) is 0. The lowest BCUT2D eigenvalue weighted by Crippen LogP contribution is -2.55. The van der Waals surface area contributed by atoms with Crippen LogP contribution in [-0.4, -0.2) is 63.6 Å². The van der Waals surface area contributed by atoms with Gasteiger partial charge in [-0.05, 0) is 37.5 Å². The number of fused-ring (bicyclic) bond motifs is 4. The number of rotatable bonds is 3. The highest BCUT2D eigenvalue weighted by Gasteiger charge is 2.47. The van der Waals surface area contributed by atoms with Crippen molar-refractivity contribution in [2.75, 3.05) is 26.2 Å². The number of amides is 2. The van der Waals surface area contributed by atoms with Crippen molar-refractivity contribution in [3.63, 3.8) is 0 Å². The lowest BCUT2D eigenvalue weighted by atomic mass is 9.77. The van der Waals surface area contributed by atoms with E-state index in [4.69, 9.17) is 4.42 Å². The average Bonchev–Trinajstić information content (AvgIpc) is 3.45. The highest BCUT2D eigenvalue weighted by Crippen LogP contribution is 2.42. The number of hydrogen-bond donors (Lipinski definition) is 1. The van der Waals surface area contributed by atoms with Crippen LogP contribution in [0.5, 0.6) is 0 Å². The normalized spacial score (nSPS) is 27.8. The van der Waals surface area contributed by atoms with E-state index < -0.39 is 6.04 Å². The van der Waals surface area contributed by atoms with Crippen LogP contribution in [0.15, 0.2) is 45.8 Å². The predicted molar refractivity (Wildman–Crippen MR) is 107 cm³/mol. The van der Waals surface area contributed by atoms with Crippen LogP contribution in [0.25, 0.3) is 0 Å². The van der Waals surface area contributed by atoms with Crippen molar-refractivity contribution in [2.24, 2.45) is 5.92 Å². The van der Waals surface area contributed by atoms with Gasteiger partial charge in [0.1, 0.15) is 6.04 Å². The monoisotopic (exact) mass is 411 g/mol. The van der Waals surface area contributed by atoms with Crippen LogP contribution in [0, 0.1) is 5.92 Å². The fourth-order valence-electron chi connectivity index (χ4n) is 5.46. The number of aliphatic hydroxyl groups is 1. The second-order valence-electron chi connectivity index (χ2n) is 8.49. The van der Waals surface area contributed by atoms with Crippen LogP contribution < -0.4 is 5.56 Å². The van der Waals surface area contributed by atoms with Gasteiger partial charge in [-0.3, -0.25) is 19.0 Å². The van der Waals surface area contributed by atoms with Gasteiger partial charge in [0.15, 0.2) is 5.76 Å². The van der Waals surface area contributed by atoms with Gasteiger partial charge in [-0.2, -0.15) is 0 Å². The van der Waals surface area contributed by atoms with Gasteiger partial charge < -0.3 is 19.3 Å². The Hall–Kier alpha value is -2.87. The van der Waals surface area contributed by atoms with Gasteiger partial charge in [-0.1, -0.05) is 6.07 Å². The molecule has 0 saturated carbocycles. The molecule has 8 nitrogen and oxygen atoms in total. The van der Waals surface area contributed by atoms with Crippen LogP contribution in [0.3, 0.4) is 0 Å². The smallest absolute Gasteiger partial charge is 0.289 e. The molecule has 2 bridgehead atoms. The molecule has 3 aliphatic heterocycles. The van der Waals surface area contributed by atoms with Gasteiger partial charge in [0.2, 0.25) is 5.91 Å². The first-order chi connectivity index (χ1) is 14.6. The molecule has 2 amide bonds. The third kappa shape index (κ3) is 2.98. The maximum atomic E-state index is 13.6. The lowest BCUT2D eigenvalue weighted by molar-refractivity contribution is -0.139. The van der Waals surface area contributed by atoms with Crippen LogP contribution in [0.2, 0.25) is 0 Å². The highest BCUT2D eigenvalue weighted by molar-refractivity contribution is 5.91. The quantitative estimate of drug-likeness (QED) is 0.820. The van der Waals surface area contributed by atoms with Gasteiger partial charge in [-0.15, -0.1) is 0 Å². The number of aromatic nitrogens is 1. The zero-order chi connectivity index (χ0) is 20.8. The fourth-order valence-corrected chi connectivity index (χ4v) is 5.46. The van der Waals surface area contributed by atoms with E-state index in [0.29, 0.717) is 19.6 Å². The van der Waals surface area contributed by atoms with E-state index >= 15 is 0 Å². The topological polar surface area (TPSA) is 96.0 Å². The second-order valence-corrected chi connectivity index (χ2v) is 8.49. The first-order valence-corrected chi connectivity index (χ1v) is 10.5. The molecule has 0 aromatic carbocycles. The summed E-state index contributed by atoms with van der Waals surface area (Å²) < 4.78 is 6.94. The molecule has 2 aromatic heterocycles. The summed E-state index contributed by atoms with van der Waals surface area (Å²) in [6.07, 6.45) is 3.83. The van der Waals surface area contributed by atoms with Crippen LogP contribution >= 0.6 is 0 Å². The van der Waals surface area contributed by atoms with Crippen molar-refractivity contribution in [2.45, 2.75) is 37.3 Å². The molecular formula is C22H25N3O5. The van der Waals surface area contributed by atoms with E-state index in [0.717, 1.165) is 25.0 Å². The fraction of sp³-hybridized carbons (Fsp3) is 0.500. The summed E-state index contributed by atoms with van der Waals surface area (Å²) in [6, 6.07) is 7.55. The van der Waals surface area contributed by atoms with Gasteiger partial charge >= 0.3 is 0 Å².